The summed E-state index contributed by atoms with van der Waals surface area (Å²) in [5.41, 5.74) is -4.83. The molecule has 0 aromatic heterocycles. The average molecular weight is 324 g/mol. The quantitative estimate of drug-likeness (QED) is 0.280. The third kappa shape index (κ3) is 4.48. The van der Waals surface area contributed by atoms with Crippen molar-refractivity contribution in [3.8, 4) is 0 Å². The number of halogens is 3. The van der Waals surface area contributed by atoms with Gasteiger partial charge in [-0.25, -0.2) is 4.79 Å². The Balaban J connectivity index is 3.26. The van der Waals surface area contributed by atoms with Crippen LogP contribution in [0.1, 0.15) is 11.1 Å². The van der Waals surface area contributed by atoms with Gasteiger partial charge in [-0.2, -0.15) is 21.6 Å². The van der Waals surface area contributed by atoms with Crippen molar-refractivity contribution in [1.82, 2.24) is 0 Å². The van der Waals surface area contributed by atoms with Gasteiger partial charge in [0.05, 0.1) is 13.2 Å². The second kappa shape index (κ2) is 6.17. The molecule has 0 amide bonds. The molecule has 0 bridgehead atoms. The van der Waals surface area contributed by atoms with Crippen LogP contribution in [0.4, 0.5) is 13.2 Å². The first-order valence-electron chi connectivity index (χ1n) is 5.44. The fourth-order valence-electron chi connectivity index (χ4n) is 1.20. The number of esters is 1. The van der Waals surface area contributed by atoms with E-state index in [1.54, 1.807) is 6.92 Å². The Morgan fingerprint density at radius 1 is 1.19 bits per heavy atom. The highest BCUT2D eigenvalue weighted by Gasteiger charge is 2.49. The van der Waals surface area contributed by atoms with Crippen LogP contribution >= 0.6 is 0 Å². The number of ether oxygens (including phenoxy) is 1. The van der Waals surface area contributed by atoms with Crippen LogP contribution in [-0.2, 0) is 23.8 Å². The first kappa shape index (κ1) is 17.0. The summed E-state index contributed by atoms with van der Waals surface area (Å²) in [6.45, 7) is 1.72. The highest BCUT2D eigenvalue weighted by Crippen LogP contribution is 2.29. The summed E-state index contributed by atoms with van der Waals surface area (Å²) < 4.78 is 67.3. The van der Waals surface area contributed by atoms with E-state index < -0.39 is 27.4 Å². The normalized spacial score (nSPS) is 12.9. The lowest BCUT2D eigenvalue weighted by Gasteiger charge is -2.12. The SMILES string of the molecule is COC(=O)/C=C(/OS(=O)(=O)C(F)(F)F)c1ccc(C)cc1. The molecule has 9 heteroatoms. The van der Waals surface area contributed by atoms with Crippen molar-refractivity contribution in [2.75, 3.05) is 7.11 Å². The van der Waals surface area contributed by atoms with Gasteiger partial charge in [-0.1, -0.05) is 29.8 Å². The number of alkyl halides is 3. The maximum atomic E-state index is 12.3. The Bertz CT molecular complexity index is 644. The second-order valence-corrected chi connectivity index (χ2v) is 5.42. The van der Waals surface area contributed by atoms with E-state index in [1.165, 1.54) is 24.3 Å². The maximum Gasteiger partial charge on any atom is 0.534 e. The monoisotopic (exact) mass is 324 g/mol. The van der Waals surface area contributed by atoms with Gasteiger partial charge in [0, 0.05) is 5.56 Å². The molecule has 0 atom stereocenters. The lowest BCUT2D eigenvalue weighted by Crippen LogP contribution is -2.25. The van der Waals surface area contributed by atoms with Crippen molar-refractivity contribution >= 4 is 21.8 Å². The van der Waals surface area contributed by atoms with E-state index in [1.807, 2.05) is 0 Å². The molecule has 1 aromatic carbocycles. The molecule has 0 fully saturated rings. The van der Waals surface area contributed by atoms with Gasteiger partial charge in [0.25, 0.3) is 0 Å². The van der Waals surface area contributed by atoms with Crippen molar-refractivity contribution in [3.05, 3.63) is 41.5 Å². The fourth-order valence-corrected chi connectivity index (χ4v) is 1.68. The maximum absolute atomic E-state index is 12.3. The molecule has 0 radical (unpaired) electrons. The average Bonchev–Trinajstić information content (AvgIpc) is 2.37. The molecule has 1 rings (SSSR count). The number of carbonyl (C=O) groups excluding carboxylic acids is 1. The smallest absolute Gasteiger partial charge is 0.466 e. The summed E-state index contributed by atoms with van der Waals surface area (Å²) in [6.07, 6.45) is 0.522. The van der Waals surface area contributed by atoms with Crippen molar-refractivity contribution in [1.29, 1.82) is 0 Å². The Morgan fingerprint density at radius 3 is 2.14 bits per heavy atom. The summed E-state index contributed by atoms with van der Waals surface area (Å²) in [7, 11) is -4.90. The van der Waals surface area contributed by atoms with E-state index in [2.05, 4.69) is 8.92 Å². The van der Waals surface area contributed by atoms with Crippen LogP contribution < -0.4 is 0 Å². The molecule has 0 N–H and O–H groups in total. The zero-order valence-electron chi connectivity index (χ0n) is 11.0. The van der Waals surface area contributed by atoms with Crippen LogP contribution in [0.3, 0.4) is 0 Å². The Hall–Kier alpha value is -2.03. The van der Waals surface area contributed by atoms with Crippen LogP contribution in [0.15, 0.2) is 30.3 Å². The third-order valence-electron chi connectivity index (χ3n) is 2.27. The zero-order chi connectivity index (χ0) is 16.3. The van der Waals surface area contributed by atoms with Crippen molar-refractivity contribution < 1.29 is 35.3 Å². The van der Waals surface area contributed by atoms with Crippen LogP contribution in [0.5, 0.6) is 0 Å². The summed E-state index contributed by atoms with van der Waals surface area (Å²) in [4.78, 5) is 11.1. The van der Waals surface area contributed by atoms with Gasteiger partial charge in [0.15, 0.2) is 5.76 Å². The minimum absolute atomic E-state index is 0.0150. The number of carbonyl (C=O) groups is 1. The van der Waals surface area contributed by atoms with Crippen molar-refractivity contribution in [2.45, 2.75) is 12.4 Å². The molecule has 0 aliphatic carbocycles. The van der Waals surface area contributed by atoms with Crippen molar-refractivity contribution in [3.63, 3.8) is 0 Å². The molecular weight excluding hydrogens is 313 g/mol. The number of aryl methyl sites for hydroxylation is 1. The molecule has 5 nitrogen and oxygen atoms in total. The van der Waals surface area contributed by atoms with Gasteiger partial charge in [-0.15, -0.1) is 0 Å². The summed E-state index contributed by atoms with van der Waals surface area (Å²) in [5.74, 6) is -1.83. The van der Waals surface area contributed by atoms with Gasteiger partial charge in [0.1, 0.15) is 0 Å². The molecule has 21 heavy (non-hydrogen) atoms. The first-order valence-corrected chi connectivity index (χ1v) is 6.85. The molecular formula is C12H11F3O5S. The van der Waals surface area contributed by atoms with Gasteiger partial charge in [-0.3, -0.25) is 0 Å². The van der Waals surface area contributed by atoms with Gasteiger partial charge >= 0.3 is 21.6 Å². The largest absolute Gasteiger partial charge is 0.534 e. The van der Waals surface area contributed by atoms with Crippen LogP contribution in [0, 0.1) is 6.92 Å². The second-order valence-electron chi connectivity index (χ2n) is 3.88. The minimum atomic E-state index is -5.89. The van der Waals surface area contributed by atoms with E-state index in [9.17, 15) is 26.4 Å². The molecule has 0 aliphatic heterocycles. The van der Waals surface area contributed by atoms with Crippen molar-refractivity contribution in [2.24, 2.45) is 0 Å². The van der Waals surface area contributed by atoms with Crippen LogP contribution in [0.25, 0.3) is 5.76 Å². The third-order valence-corrected chi connectivity index (χ3v) is 3.24. The molecule has 0 unspecified atom stereocenters. The highest BCUT2D eigenvalue weighted by molar-refractivity contribution is 7.87. The lowest BCUT2D eigenvalue weighted by molar-refractivity contribution is -0.134. The number of hydrogen-bond acceptors (Lipinski definition) is 5. The molecule has 0 aliphatic rings. The van der Waals surface area contributed by atoms with Crippen LogP contribution in [-0.4, -0.2) is 27.0 Å². The summed E-state index contributed by atoms with van der Waals surface area (Å²) in [6, 6.07) is 5.67. The van der Waals surface area contributed by atoms with Gasteiger partial charge in [-0.05, 0) is 6.92 Å². The van der Waals surface area contributed by atoms with Crippen LogP contribution in [0.2, 0.25) is 0 Å². The number of benzene rings is 1. The summed E-state index contributed by atoms with van der Waals surface area (Å²) in [5, 5.41) is 0. The Kier molecular flexibility index (Phi) is 5.00. The van der Waals surface area contributed by atoms with Gasteiger partial charge in [0.2, 0.25) is 0 Å². The molecule has 1 aromatic rings. The highest BCUT2D eigenvalue weighted by atomic mass is 32.2. The van der Waals surface area contributed by atoms with E-state index in [0.29, 0.717) is 6.08 Å². The zero-order valence-corrected chi connectivity index (χ0v) is 11.8. The minimum Gasteiger partial charge on any atom is -0.466 e. The predicted molar refractivity (Wildman–Crippen MR) is 67.2 cm³/mol. The van der Waals surface area contributed by atoms with E-state index in [-0.39, 0.29) is 5.56 Å². The van der Waals surface area contributed by atoms with E-state index in [0.717, 1.165) is 12.7 Å². The fraction of sp³-hybridized carbons (Fsp3) is 0.250. The van der Waals surface area contributed by atoms with Gasteiger partial charge < -0.3 is 8.92 Å². The number of rotatable bonds is 4. The first-order chi connectivity index (χ1) is 9.56. The molecule has 0 saturated heterocycles. The lowest BCUT2D eigenvalue weighted by atomic mass is 10.1. The Morgan fingerprint density at radius 2 is 1.71 bits per heavy atom. The Labute approximate surface area is 119 Å². The van der Waals surface area contributed by atoms with E-state index >= 15 is 0 Å². The molecule has 116 valence electrons. The standard InChI is InChI=1S/C12H11F3O5S/c1-8-3-5-9(6-4-8)10(7-11(16)19-2)20-21(17,18)12(13,14)15/h3-7H,1-2H3/b10-7+. The summed E-state index contributed by atoms with van der Waals surface area (Å²) >= 11 is 0. The molecule has 0 spiro atoms. The predicted octanol–water partition coefficient (Wildman–Crippen LogP) is 2.38. The number of methoxy groups -OCH3 is 1. The topological polar surface area (TPSA) is 69.7 Å². The van der Waals surface area contributed by atoms with E-state index in [4.69, 9.17) is 0 Å². The number of hydrogen-bond donors (Lipinski definition) is 0. The molecule has 0 heterocycles. The molecule has 0 saturated carbocycles.